The van der Waals surface area contributed by atoms with Crippen LogP contribution in [0.2, 0.25) is 0 Å². The Kier molecular flexibility index (Phi) is 6.16. The molecular formula is C14H26N4OS. The zero-order valence-corrected chi connectivity index (χ0v) is 13.3. The summed E-state index contributed by atoms with van der Waals surface area (Å²) in [6.45, 7) is 5.99. The maximum atomic E-state index is 11.7. The summed E-state index contributed by atoms with van der Waals surface area (Å²) >= 11 is 1.70. The van der Waals surface area contributed by atoms with Crippen molar-refractivity contribution in [3.8, 4) is 0 Å². The number of thioether (sulfide) groups is 1. The van der Waals surface area contributed by atoms with Gasteiger partial charge in [0.25, 0.3) is 0 Å². The molecule has 2 rings (SSSR count). The van der Waals surface area contributed by atoms with Crippen molar-refractivity contribution in [2.75, 3.05) is 12.3 Å². The second-order valence-electron chi connectivity index (χ2n) is 5.48. The van der Waals surface area contributed by atoms with Gasteiger partial charge in [-0.3, -0.25) is 4.57 Å². The molecule has 1 fully saturated rings. The van der Waals surface area contributed by atoms with Gasteiger partial charge in [0.2, 0.25) is 0 Å². The lowest BCUT2D eigenvalue weighted by atomic mass is 10.00. The van der Waals surface area contributed by atoms with E-state index in [1.807, 2.05) is 0 Å². The molecule has 1 atom stereocenters. The smallest absolute Gasteiger partial charge is 0.313 e. The summed E-state index contributed by atoms with van der Waals surface area (Å²) in [6, 6.07) is 0.536. The summed E-state index contributed by atoms with van der Waals surface area (Å²) in [5, 5.41) is 11.2. The molecule has 6 heteroatoms. The lowest BCUT2D eigenvalue weighted by Crippen LogP contribution is -2.37. The first kappa shape index (κ1) is 15.6. The summed E-state index contributed by atoms with van der Waals surface area (Å²) in [5.74, 6) is 1.78. The van der Waals surface area contributed by atoms with Gasteiger partial charge in [-0.1, -0.05) is 38.5 Å². The third-order valence-electron chi connectivity index (χ3n) is 4.00. The van der Waals surface area contributed by atoms with Crippen LogP contribution in [0.3, 0.4) is 0 Å². The van der Waals surface area contributed by atoms with Crippen molar-refractivity contribution in [2.24, 2.45) is 5.92 Å². The average molecular weight is 298 g/mol. The molecule has 0 saturated heterocycles. The molecule has 0 bridgehead atoms. The van der Waals surface area contributed by atoms with Crippen molar-refractivity contribution in [3.05, 3.63) is 10.5 Å². The molecule has 0 spiro atoms. The first-order valence-corrected chi connectivity index (χ1v) is 8.76. The van der Waals surface area contributed by atoms with E-state index in [0.29, 0.717) is 6.04 Å². The topological polar surface area (TPSA) is 62.7 Å². The van der Waals surface area contributed by atoms with Crippen molar-refractivity contribution >= 4 is 11.8 Å². The van der Waals surface area contributed by atoms with Crippen LogP contribution in [0.25, 0.3) is 0 Å². The van der Waals surface area contributed by atoms with Crippen molar-refractivity contribution in [1.29, 1.82) is 0 Å². The fourth-order valence-electron chi connectivity index (χ4n) is 2.98. The quantitative estimate of drug-likeness (QED) is 0.723. The minimum Gasteiger partial charge on any atom is -0.313 e. The molecule has 114 valence electrons. The van der Waals surface area contributed by atoms with E-state index >= 15 is 0 Å². The highest BCUT2D eigenvalue weighted by Crippen LogP contribution is 2.30. The third kappa shape index (κ3) is 3.88. The lowest BCUT2D eigenvalue weighted by molar-refractivity contribution is 0.394. The summed E-state index contributed by atoms with van der Waals surface area (Å²) < 4.78 is 1.75. The Morgan fingerprint density at radius 1 is 1.45 bits per heavy atom. The van der Waals surface area contributed by atoms with Crippen molar-refractivity contribution in [3.63, 3.8) is 0 Å². The van der Waals surface area contributed by atoms with Gasteiger partial charge in [-0.2, -0.15) is 0 Å². The van der Waals surface area contributed by atoms with E-state index in [4.69, 9.17) is 0 Å². The van der Waals surface area contributed by atoms with E-state index in [2.05, 4.69) is 29.4 Å². The number of hydrogen-bond donors (Lipinski definition) is 2. The maximum Gasteiger partial charge on any atom is 0.343 e. The largest absolute Gasteiger partial charge is 0.343 e. The Morgan fingerprint density at radius 3 is 2.85 bits per heavy atom. The number of aromatic amines is 1. The van der Waals surface area contributed by atoms with E-state index in [1.165, 1.54) is 25.7 Å². The van der Waals surface area contributed by atoms with E-state index in [0.717, 1.165) is 36.3 Å². The SMILES string of the molecule is CCCn1c(SCC(NCC)C2CCCC2)n[nH]c1=O. The molecule has 20 heavy (non-hydrogen) atoms. The van der Waals surface area contributed by atoms with Crippen molar-refractivity contribution in [1.82, 2.24) is 20.1 Å². The van der Waals surface area contributed by atoms with Crippen LogP contribution in [0.1, 0.15) is 46.0 Å². The van der Waals surface area contributed by atoms with E-state index < -0.39 is 0 Å². The highest BCUT2D eigenvalue weighted by Gasteiger charge is 2.25. The first-order valence-electron chi connectivity index (χ1n) is 7.77. The molecule has 1 aromatic heterocycles. The number of hydrogen-bond acceptors (Lipinski definition) is 4. The Labute approximate surface area is 124 Å². The molecule has 0 aliphatic heterocycles. The molecule has 1 aliphatic rings. The van der Waals surface area contributed by atoms with E-state index in [1.54, 1.807) is 16.3 Å². The van der Waals surface area contributed by atoms with Crippen LogP contribution in [0.15, 0.2) is 9.95 Å². The second kappa shape index (κ2) is 7.88. The van der Waals surface area contributed by atoms with Crippen LogP contribution in [-0.4, -0.2) is 33.1 Å². The minimum absolute atomic E-state index is 0.0878. The fraction of sp³-hybridized carbons (Fsp3) is 0.857. The number of nitrogens with one attached hydrogen (secondary N) is 2. The van der Waals surface area contributed by atoms with Crippen LogP contribution in [0.5, 0.6) is 0 Å². The Bertz CT molecular complexity index is 450. The summed E-state index contributed by atoms with van der Waals surface area (Å²) in [6.07, 6.45) is 6.34. The van der Waals surface area contributed by atoms with Crippen LogP contribution in [0.4, 0.5) is 0 Å². The molecule has 1 saturated carbocycles. The second-order valence-corrected chi connectivity index (χ2v) is 6.47. The molecular weight excluding hydrogens is 272 g/mol. The third-order valence-corrected chi connectivity index (χ3v) is 5.09. The predicted molar refractivity (Wildman–Crippen MR) is 83.3 cm³/mol. The molecule has 1 unspecified atom stereocenters. The molecule has 5 nitrogen and oxygen atoms in total. The summed E-state index contributed by atoms with van der Waals surface area (Å²) in [7, 11) is 0. The molecule has 2 N–H and O–H groups in total. The molecule has 1 heterocycles. The Morgan fingerprint density at radius 2 is 2.20 bits per heavy atom. The van der Waals surface area contributed by atoms with Gasteiger partial charge in [-0.15, -0.1) is 5.10 Å². The first-order chi connectivity index (χ1) is 9.76. The van der Waals surface area contributed by atoms with Gasteiger partial charge in [0.15, 0.2) is 5.16 Å². The van der Waals surface area contributed by atoms with Gasteiger partial charge >= 0.3 is 5.69 Å². The molecule has 1 aromatic rings. The maximum absolute atomic E-state index is 11.7. The van der Waals surface area contributed by atoms with Gasteiger partial charge in [0.1, 0.15) is 0 Å². The number of nitrogens with zero attached hydrogens (tertiary/aromatic N) is 2. The van der Waals surface area contributed by atoms with Gasteiger partial charge in [0, 0.05) is 18.3 Å². The Balaban J connectivity index is 1.96. The average Bonchev–Trinajstić information content (AvgIpc) is 3.07. The van der Waals surface area contributed by atoms with Gasteiger partial charge < -0.3 is 5.32 Å². The molecule has 0 amide bonds. The van der Waals surface area contributed by atoms with Crippen LogP contribution < -0.4 is 11.0 Å². The molecule has 0 radical (unpaired) electrons. The number of H-pyrrole nitrogens is 1. The predicted octanol–water partition coefficient (Wildman–Crippen LogP) is 2.24. The van der Waals surface area contributed by atoms with Gasteiger partial charge in [-0.05, 0) is 31.7 Å². The van der Waals surface area contributed by atoms with Crippen LogP contribution in [0, 0.1) is 5.92 Å². The lowest BCUT2D eigenvalue weighted by Gasteiger charge is -2.23. The van der Waals surface area contributed by atoms with E-state index in [-0.39, 0.29) is 5.69 Å². The van der Waals surface area contributed by atoms with Crippen LogP contribution >= 0.6 is 11.8 Å². The number of rotatable bonds is 8. The fourth-order valence-corrected chi connectivity index (χ4v) is 4.14. The highest BCUT2D eigenvalue weighted by atomic mass is 32.2. The van der Waals surface area contributed by atoms with Crippen molar-refractivity contribution in [2.45, 2.75) is 63.7 Å². The van der Waals surface area contributed by atoms with E-state index in [9.17, 15) is 4.79 Å². The minimum atomic E-state index is -0.0878. The standard InChI is InChI=1S/C14H26N4OS/c1-3-9-18-13(19)16-17-14(18)20-10-12(15-4-2)11-7-5-6-8-11/h11-12,15H,3-10H2,1-2H3,(H,16,19). The number of aromatic nitrogens is 3. The Hall–Kier alpha value is -0.750. The van der Waals surface area contributed by atoms with Crippen molar-refractivity contribution < 1.29 is 0 Å². The normalized spacial score (nSPS) is 17.7. The summed E-state index contributed by atoms with van der Waals surface area (Å²) in [5.41, 5.74) is -0.0878. The molecule has 1 aliphatic carbocycles. The zero-order chi connectivity index (χ0) is 14.4. The molecule has 0 aromatic carbocycles. The zero-order valence-electron chi connectivity index (χ0n) is 12.5. The monoisotopic (exact) mass is 298 g/mol. The van der Waals surface area contributed by atoms with Crippen LogP contribution in [-0.2, 0) is 6.54 Å². The highest BCUT2D eigenvalue weighted by molar-refractivity contribution is 7.99. The summed E-state index contributed by atoms with van der Waals surface area (Å²) in [4.78, 5) is 11.7. The van der Waals surface area contributed by atoms with Gasteiger partial charge in [-0.25, -0.2) is 9.89 Å². The van der Waals surface area contributed by atoms with Gasteiger partial charge in [0.05, 0.1) is 0 Å².